The normalized spacial score (nSPS) is 15.3. The van der Waals surface area contributed by atoms with Gasteiger partial charge in [0.15, 0.2) is 5.82 Å². The van der Waals surface area contributed by atoms with E-state index in [0.29, 0.717) is 0 Å². The van der Waals surface area contributed by atoms with E-state index in [1.807, 2.05) is 0 Å². The molecule has 2 N–H and O–H groups in total. The van der Waals surface area contributed by atoms with Gasteiger partial charge in [0.25, 0.3) is 0 Å². The second-order valence-electron chi connectivity index (χ2n) is 4.88. The van der Waals surface area contributed by atoms with E-state index < -0.39 is 11.7 Å². The van der Waals surface area contributed by atoms with Crippen molar-refractivity contribution < 1.29 is 13.2 Å². The highest BCUT2D eigenvalue weighted by atomic mass is 19.4. The van der Waals surface area contributed by atoms with E-state index in [1.165, 1.54) is 12.1 Å². The summed E-state index contributed by atoms with van der Waals surface area (Å²) in [4.78, 5) is 0. The number of aromatic nitrogens is 2. The fourth-order valence-corrected chi connectivity index (χ4v) is 2.45. The lowest BCUT2D eigenvalue weighted by atomic mass is 10.0. The van der Waals surface area contributed by atoms with Crippen LogP contribution in [-0.4, -0.2) is 16.7 Å². The minimum Gasteiger partial charge on any atom is -0.368 e. The molecule has 3 rings (SSSR count). The molecule has 0 fully saturated rings. The molecule has 0 saturated carbocycles. The molecular formula is C14H14F3N3. The van der Waals surface area contributed by atoms with Crippen molar-refractivity contribution in [2.45, 2.75) is 25.4 Å². The maximum Gasteiger partial charge on any atom is 0.416 e. The maximum atomic E-state index is 12.6. The Morgan fingerprint density at radius 1 is 1.05 bits per heavy atom. The van der Waals surface area contributed by atoms with E-state index in [1.54, 1.807) is 0 Å². The van der Waals surface area contributed by atoms with Gasteiger partial charge in [-0.05, 0) is 37.0 Å². The number of alkyl halides is 3. The van der Waals surface area contributed by atoms with E-state index >= 15 is 0 Å². The minimum absolute atomic E-state index is 0.634. The highest BCUT2D eigenvalue weighted by Gasteiger charge is 2.30. The average molecular weight is 281 g/mol. The van der Waals surface area contributed by atoms with Crippen LogP contribution in [0.4, 0.5) is 19.0 Å². The lowest BCUT2D eigenvalue weighted by Crippen LogP contribution is -2.04. The molecule has 6 heteroatoms. The van der Waals surface area contributed by atoms with Crippen molar-refractivity contribution in [1.29, 1.82) is 0 Å². The molecule has 0 atom stereocenters. The van der Waals surface area contributed by atoms with Gasteiger partial charge in [-0.2, -0.15) is 18.3 Å². The first-order valence-electron chi connectivity index (χ1n) is 6.54. The second-order valence-corrected chi connectivity index (χ2v) is 4.88. The zero-order valence-corrected chi connectivity index (χ0v) is 10.7. The molecular weight excluding hydrogens is 267 g/mol. The van der Waals surface area contributed by atoms with Crippen LogP contribution in [0.25, 0.3) is 11.3 Å². The van der Waals surface area contributed by atoms with Gasteiger partial charge in [0.2, 0.25) is 0 Å². The van der Waals surface area contributed by atoms with E-state index in [0.717, 1.165) is 60.6 Å². The molecule has 1 aliphatic rings. The average Bonchev–Trinajstić information content (AvgIpc) is 2.67. The van der Waals surface area contributed by atoms with Gasteiger partial charge in [0, 0.05) is 12.1 Å². The van der Waals surface area contributed by atoms with Crippen LogP contribution in [0.5, 0.6) is 0 Å². The molecule has 20 heavy (non-hydrogen) atoms. The zero-order valence-electron chi connectivity index (χ0n) is 10.7. The molecule has 2 aromatic rings. The first-order valence-corrected chi connectivity index (χ1v) is 6.54. The molecule has 1 aromatic heterocycles. The van der Waals surface area contributed by atoms with Crippen LogP contribution in [0.2, 0.25) is 0 Å². The Hall–Kier alpha value is -1.98. The number of rotatable bonds is 1. The van der Waals surface area contributed by atoms with Crippen molar-refractivity contribution >= 4 is 5.82 Å². The number of benzene rings is 1. The predicted molar refractivity (Wildman–Crippen MR) is 70.5 cm³/mol. The largest absolute Gasteiger partial charge is 0.416 e. The molecule has 3 nitrogen and oxygen atoms in total. The standard InChI is InChI=1S/C14H14F3N3/c15-14(16,17)10-6-4-9(5-7-10)12-11-3-1-2-8-18-13(11)20-19-12/h4-7H,1-3,8H2,(H2,18,19,20). The third-order valence-corrected chi connectivity index (χ3v) is 3.51. The molecule has 106 valence electrons. The first kappa shape index (κ1) is 13.0. The Balaban J connectivity index is 1.95. The Bertz CT molecular complexity index is 599. The number of hydrogen-bond donors (Lipinski definition) is 2. The number of fused-ring (bicyclic) bond motifs is 1. The lowest BCUT2D eigenvalue weighted by molar-refractivity contribution is -0.137. The fourth-order valence-electron chi connectivity index (χ4n) is 2.45. The van der Waals surface area contributed by atoms with Gasteiger partial charge in [-0.15, -0.1) is 0 Å². The van der Waals surface area contributed by atoms with Crippen LogP contribution in [0.15, 0.2) is 24.3 Å². The SMILES string of the molecule is FC(F)(F)c1ccc(-c2[nH]nc3c2CCCCN3)cc1. The van der Waals surface area contributed by atoms with Gasteiger partial charge >= 0.3 is 6.18 Å². The molecule has 1 aliphatic heterocycles. The zero-order chi connectivity index (χ0) is 14.2. The van der Waals surface area contributed by atoms with E-state index in [9.17, 15) is 13.2 Å². The van der Waals surface area contributed by atoms with Gasteiger partial charge in [0.05, 0.1) is 11.3 Å². The number of hydrogen-bond acceptors (Lipinski definition) is 2. The van der Waals surface area contributed by atoms with Crippen molar-refractivity contribution in [2.24, 2.45) is 0 Å². The highest BCUT2D eigenvalue weighted by Crippen LogP contribution is 2.33. The molecule has 0 unspecified atom stereocenters. The number of halogens is 3. The first-order chi connectivity index (χ1) is 9.55. The Labute approximate surface area is 114 Å². The summed E-state index contributed by atoms with van der Waals surface area (Å²) in [6.07, 6.45) is -1.30. The van der Waals surface area contributed by atoms with E-state index in [2.05, 4.69) is 15.5 Å². The maximum absolute atomic E-state index is 12.6. The summed E-state index contributed by atoms with van der Waals surface area (Å²) >= 11 is 0. The topological polar surface area (TPSA) is 40.7 Å². The summed E-state index contributed by atoms with van der Waals surface area (Å²) in [5.41, 5.74) is 1.96. The fraction of sp³-hybridized carbons (Fsp3) is 0.357. The molecule has 0 bridgehead atoms. The summed E-state index contributed by atoms with van der Waals surface area (Å²) in [7, 11) is 0. The van der Waals surface area contributed by atoms with Crippen LogP contribution in [0, 0.1) is 0 Å². The smallest absolute Gasteiger partial charge is 0.368 e. The van der Waals surface area contributed by atoms with Crippen molar-refractivity contribution in [1.82, 2.24) is 10.2 Å². The van der Waals surface area contributed by atoms with Gasteiger partial charge in [-0.1, -0.05) is 12.1 Å². The Morgan fingerprint density at radius 3 is 2.50 bits per heavy atom. The molecule has 0 aliphatic carbocycles. The van der Waals surface area contributed by atoms with Crippen molar-refractivity contribution in [3.8, 4) is 11.3 Å². The summed E-state index contributed by atoms with van der Waals surface area (Å²) in [6.45, 7) is 0.879. The van der Waals surface area contributed by atoms with E-state index in [-0.39, 0.29) is 0 Å². The lowest BCUT2D eigenvalue weighted by Gasteiger charge is -2.08. The van der Waals surface area contributed by atoms with Gasteiger partial charge in [0.1, 0.15) is 0 Å². The van der Waals surface area contributed by atoms with Crippen LogP contribution in [0.3, 0.4) is 0 Å². The molecule has 1 aromatic carbocycles. The Morgan fingerprint density at radius 2 is 1.80 bits per heavy atom. The number of H-pyrrole nitrogens is 1. The monoisotopic (exact) mass is 281 g/mol. The van der Waals surface area contributed by atoms with Crippen LogP contribution < -0.4 is 5.32 Å². The number of anilines is 1. The molecule has 2 heterocycles. The van der Waals surface area contributed by atoms with Crippen molar-refractivity contribution in [3.05, 3.63) is 35.4 Å². The predicted octanol–water partition coefficient (Wildman–Crippen LogP) is 3.84. The van der Waals surface area contributed by atoms with Crippen LogP contribution in [-0.2, 0) is 12.6 Å². The summed E-state index contributed by atoms with van der Waals surface area (Å²) in [5, 5.41) is 10.4. The number of nitrogens with zero attached hydrogens (tertiary/aromatic N) is 1. The third kappa shape index (κ3) is 2.37. The van der Waals surface area contributed by atoms with Crippen LogP contribution >= 0.6 is 0 Å². The van der Waals surface area contributed by atoms with Gasteiger partial charge in [-0.3, -0.25) is 5.10 Å². The minimum atomic E-state index is -4.30. The summed E-state index contributed by atoms with van der Waals surface area (Å²) in [5.74, 6) is 0.817. The molecule has 0 amide bonds. The molecule has 0 radical (unpaired) electrons. The highest BCUT2D eigenvalue weighted by molar-refractivity contribution is 5.69. The van der Waals surface area contributed by atoms with Crippen molar-refractivity contribution in [3.63, 3.8) is 0 Å². The molecule has 0 saturated heterocycles. The van der Waals surface area contributed by atoms with E-state index in [4.69, 9.17) is 0 Å². The van der Waals surface area contributed by atoms with Gasteiger partial charge in [-0.25, -0.2) is 0 Å². The molecule has 0 spiro atoms. The number of nitrogens with one attached hydrogen (secondary N) is 2. The number of aromatic amines is 1. The quantitative estimate of drug-likeness (QED) is 0.833. The third-order valence-electron chi connectivity index (χ3n) is 3.51. The summed E-state index contributed by atoms with van der Waals surface area (Å²) < 4.78 is 37.7. The second kappa shape index (κ2) is 4.85. The Kier molecular flexibility index (Phi) is 3.16. The summed E-state index contributed by atoms with van der Waals surface area (Å²) in [6, 6.07) is 5.18. The van der Waals surface area contributed by atoms with Crippen LogP contribution in [0.1, 0.15) is 24.0 Å². The van der Waals surface area contributed by atoms with Crippen molar-refractivity contribution in [2.75, 3.05) is 11.9 Å². The van der Waals surface area contributed by atoms with Gasteiger partial charge < -0.3 is 5.32 Å².